The van der Waals surface area contributed by atoms with Gasteiger partial charge in [-0.05, 0) is 37.0 Å². The molecule has 1 heterocycles. The minimum atomic E-state index is -0.104. The highest BCUT2D eigenvalue weighted by Crippen LogP contribution is 2.32. The molecule has 0 bridgehead atoms. The lowest BCUT2D eigenvalue weighted by Crippen LogP contribution is -2.39. The number of hydrogen-bond acceptors (Lipinski definition) is 2. The maximum Gasteiger partial charge on any atom is 0.241 e. The van der Waals surface area contributed by atoms with E-state index in [-0.39, 0.29) is 24.2 Å². The summed E-state index contributed by atoms with van der Waals surface area (Å²) in [7, 11) is 0. The average Bonchev–Trinajstić information content (AvgIpc) is 2.83. The van der Waals surface area contributed by atoms with Gasteiger partial charge in [0.25, 0.3) is 0 Å². The topological polar surface area (TPSA) is 32.3 Å². The summed E-state index contributed by atoms with van der Waals surface area (Å²) in [6.07, 6.45) is 1.85. The first-order chi connectivity index (χ1) is 9.99. The van der Waals surface area contributed by atoms with Crippen molar-refractivity contribution in [3.05, 3.63) is 34.9 Å². The fourth-order valence-electron chi connectivity index (χ4n) is 2.85. The summed E-state index contributed by atoms with van der Waals surface area (Å²) >= 11 is 6.12. The van der Waals surface area contributed by atoms with Crippen molar-refractivity contribution in [2.75, 3.05) is 0 Å². The molecule has 1 aromatic carbocycles. The predicted octanol–water partition coefficient (Wildman–Crippen LogP) is 3.98. The molecule has 0 aromatic heterocycles. The van der Waals surface area contributed by atoms with Crippen molar-refractivity contribution in [1.82, 2.24) is 10.2 Å². The van der Waals surface area contributed by atoms with E-state index < -0.39 is 0 Å². The molecule has 1 amide bonds. The molecular weight excluding hydrogens is 284 g/mol. The van der Waals surface area contributed by atoms with Gasteiger partial charge in [0.05, 0.1) is 6.04 Å². The fourth-order valence-corrected chi connectivity index (χ4v) is 3.05. The smallest absolute Gasteiger partial charge is 0.241 e. The van der Waals surface area contributed by atoms with Crippen LogP contribution >= 0.6 is 11.6 Å². The quantitative estimate of drug-likeness (QED) is 0.892. The molecule has 116 valence electrons. The second-order valence-corrected chi connectivity index (χ2v) is 6.43. The molecule has 1 aliphatic rings. The van der Waals surface area contributed by atoms with Crippen LogP contribution in [0.3, 0.4) is 0 Å². The second kappa shape index (κ2) is 6.80. The molecule has 0 aliphatic carbocycles. The Labute approximate surface area is 132 Å². The number of amides is 1. The first-order valence-corrected chi connectivity index (χ1v) is 8.21. The number of nitrogens with one attached hydrogen (secondary N) is 1. The normalized spacial score (nSPS) is 25.2. The van der Waals surface area contributed by atoms with Crippen LogP contribution in [0.4, 0.5) is 0 Å². The third-order valence-electron chi connectivity index (χ3n) is 4.58. The molecule has 1 aliphatic heterocycles. The Morgan fingerprint density at radius 3 is 2.57 bits per heavy atom. The Kier molecular flexibility index (Phi) is 5.28. The van der Waals surface area contributed by atoms with Gasteiger partial charge in [0.1, 0.15) is 6.17 Å². The zero-order valence-electron chi connectivity index (χ0n) is 13.3. The number of nitrogens with zero attached hydrogens (tertiary/aromatic N) is 1. The second-order valence-electron chi connectivity index (χ2n) is 5.99. The van der Waals surface area contributed by atoms with Crippen LogP contribution in [0.5, 0.6) is 0 Å². The molecule has 1 saturated heterocycles. The molecule has 1 N–H and O–H groups in total. The molecule has 1 fully saturated rings. The maximum atomic E-state index is 12.8. The van der Waals surface area contributed by atoms with Crippen LogP contribution < -0.4 is 5.32 Å². The summed E-state index contributed by atoms with van der Waals surface area (Å²) in [6, 6.07) is 7.89. The Morgan fingerprint density at radius 2 is 2.00 bits per heavy atom. The summed E-state index contributed by atoms with van der Waals surface area (Å²) in [6.45, 7) is 8.48. The molecule has 0 saturated carbocycles. The summed E-state index contributed by atoms with van der Waals surface area (Å²) in [5.41, 5.74) is 1.06. The molecule has 21 heavy (non-hydrogen) atoms. The number of carbonyl (C=O) groups is 1. The van der Waals surface area contributed by atoms with E-state index in [0.717, 1.165) is 18.4 Å². The van der Waals surface area contributed by atoms with E-state index in [1.54, 1.807) is 0 Å². The van der Waals surface area contributed by atoms with Crippen molar-refractivity contribution in [1.29, 1.82) is 0 Å². The van der Waals surface area contributed by atoms with Gasteiger partial charge in [0.2, 0.25) is 5.91 Å². The lowest BCUT2D eigenvalue weighted by atomic mass is 9.99. The van der Waals surface area contributed by atoms with Crippen molar-refractivity contribution < 1.29 is 4.79 Å². The van der Waals surface area contributed by atoms with Crippen LogP contribution in [0.15, 0.2) is 24.3 Å². The molecule has 4 unspecified atom stereocenters. The van der Waals surface area contributed by atoms with Gasteiger partial charge >= 0.3 is 0 Å². The van der Waals surface area contributed by atoms with Gasteiger partial charge in [-0.2, -0.15) is 0 Å². The lowest BCUT2D eigenvalue weighted by molar-refractivity contribution is -0.132. The highest BCUT2D eigenvalue weighted by Gasteiger charge is 2.43. The van der Waals surface area contributed by atoms with Crippen LogP contribution in [-0.4, -0.2) is 22.9 Å². The van der Waals surface area contributed by atoms with Gasteiger partial charge in [0, 0.05) is 11.1 Å². The van der Waals surface area contributed by atoms with Gasteiger partial charge < -0.3 is 4.90 Å². The van der Waals surface area contributed by atoms with Gasteiger partial charge in [0.15, 0.2) is 0 Å². The number of carbonyl (C=O) groups excluding carboxylic acids is 1. The lowest BCUT2D eigenvalue weighted by Gasteiger charge is -2.30. The molecule has 4 atom stereocenters. The van der Waals surface area contributed by atoms with E-state index in [1.165, 1.54) is 0 Å². The van der Waals surface area contributed by atoms with E-state index >= 15 is 0 Å². The Balaban J connectivity index is 2.35. The molecule has 1 aromatic rings. The molecule has 4 heteroatoms. The van der Waals surface area contributed by atoms with Gasteiger partial charge in [-0.25, -0.2) is 0 Å². The predicted molar refractivity (Wildman–Crippen MR) is 87.2 cm³/mol. The minimum absolute atomic E-state index is 0.0786. The van der Waals surface area contributed by atoms with E-state index in [9.17, 15) is 4.79 Å². The first kappa shape index (κ1) is 16.3. The van der Waals surface area contributed by atoms with E-state index in [0.29, 0.717) is 10.9 Å². The van der Waals surface area contributed by atoms with Gasteiger partial charge in [-0.1, -0.05) is 50.9 Å². The maximum absolute atomic E-state index is 12.8. The first-order valence-electron chi connectivity index (χ1n) is 7.83. The van der Waals surface area contributed by atoms with Crippen molar-refractivity contribution in [3.63, 3.8) is 0 Å². The van der Waals surface area contributed by atoms with Crippen molar-refractivity contribution in [3.8, 4) is 0 Å². The van der Waals surface area contributed by atoms with Crippen molar-refractivity contribution >= 4 is 17.5 Å². The summed E-state index contributed by atoms with van der Waals surface area (Å²) < 4.78 is 0. The highest BCUT2D eigenvalue weighted by molar-refractivity contribution is 6.30. The van der Waals surface area contributed by atoms with Crippen LogP contribution in [-0.2, 0) is 4.79 Å². The van der Waals surface area contributed by atoms with Crippen molar-refractivity contribution in [2.24, 2.45) is 5.92 Å². The van der Waals surface area contributed by atoms with Crippen molar-refractivity contribution in [2.45, 2.75) is 58.8 Å². The molecular formula is C17H25ClN2O. The number of hydrogen-bond donors (Lipinski definition) is 1. The van der Waals surface area contributed by atoms with Crippen LogP contribution in [0.25, 0.3) is 0 Å². The SMILES string of the molecule is CCC(C)C1NC(c2cccc(Cl)c2)N(C(C)CC)C1=O. The molecule has 0 radical (unpaired) electrons. The number of rotatable bonds is 5. The number of halogens is 1. The standard InChI is InChI=1S/C17H25ClN2O/c1-5-11(3)15-17(21)20(12(4)6-2)16(19-15)13-8-7-9-14(18)10-13/h7-12,15-16,19H,5-6H2,1-4H3. The Hall–Kier alpha value is -1.06. The van der Waals surface area contributed by atoms with Crippen LogP contribution in [0.1, 0.15) is 52.3 Å². The largest absolute Gasteiger partial charge is 0.319 e. The van der Waals surface area contributed by atoms with Gasteiger partial charge in [-0.3, -0.25) is 10.1 Å². The van der Waals surface area contributed by atoms with Gasteiger partial charge in [-0.15, -0.1) is 0 Å². The van der Waals surface area contributed by atoms with Crippen LogP contribution in [0.2, 0.25) is 5.02 Å². The summed E-state index contributed by atoms with van der Waals surface area (Å²) in [5.74, 6) is 0.539. The third kappa shape index (κ3) is 3.24. The Bertz CT molecular complexity index is 505. The minimum Gasteiger partial charge on any atom is -0.319 e. The zero-order chi connectivity index (χ0) is 15.6. The molecule has 0 spiro atoms. The Morgan fingerprint density at radius 1 is 1.29 bits per heavy atom. The zero-order valence-corrected chi connectivity index (χ0v) is 14.0. The van der Waals surface area contributed by atoms with E-state index in [4.69, 9.17) is 11.6 Å². The number of benzene rings is 1. The van der Waals surface area contributed by atoms with E-state index in [2.05, 4.69) is 33.0 Å². The monoisotopic (exact) mass is 308 g/mol. The molecule has 3 nitrogen and oxygen atoms in total. The average molecular weight is 309 g/mol. The third-order valence-corrected chi connectivity index (χ3v) is 4.81. The highest BCUT2D eigenvalue weighted by atomic mass is 35.5. The summed E-state index contributed by atoms with van der Waals surface area (Å²) in [5, 5.41) is 4.22. The molecule has 2 rings (SSSR count). The summed E-state index contributed by atoms with van der Waals surface area (Å²) in [4.78, 5) is 14.8. The van der Waals surface area contributed by atoms with E-state index in [1.807, 2.05) is 29.2 Å². The fraction of sp³-hybridized carbons (Fsp3) is 0.588. The van der Waals surface area contributed by atoms with Crippen LogP contribution in [0, 0.1) is 5.92 Å².